The standard InChI is InChI=1S/C14H16ClN5/c1-10-5-12-14(16-7-10)20(13(6-15)18-12)4-3-19-9-11(2)8-17-19/h5,7-9H,3-4,6H2,1-2H3. The van der Waals surface area contributed by atoms with Crippen molar-refractivity contribution in [3.63, 3.8) is 0 Å². The summed E-state index contributed by atoms with van der Waals surface area (Å²) in [6, 6.07) is 2.03. The van der Waals surface area contributed by atoms with E-state index in [1.807, 2.05) is 43.2 Å². The molecule has 0 atom stereocenters. The summed E-state index contributed by atoms with van der Waals surface area (Å²) >= 11 is 6.00. The Kier molecular flexibility index (Phi) is 3.44. The third-order valence-corrected chi connectivity index (χ3v) is 3.47. The largest absolute Gasteiger partial charge is 0.310 e. The zero-order chi connectivity index (χ0) is 14.1. The van der Waals surface area contributed by atoms with Gasteiger partial charge < -0.3 is 4.57 Å². The fraction of sp³-hybridized carbons (Fsp3) is 0.357. The maximum Gasteiger partial charge on any atom is 0.160 e. The summed E-state index contributed by atoms with van der Waals surface area (Å²) < 4.78 is 3.99. The number of rotatable bonds is 4. The first-order valence-electron chi connectivity index (χ1n) is 6.54. The molecule has 0 unspecified atom stereocenters. The Hall–Kier alpha value is -1.88. The van der Waals surface area contributed by atoms with Crippen LogP contribution in [0.5, 0.6) is 0 Å². The van der Waals surface area contributed by atoms with E-state index in [4.69, 9.17) is 11.6 Å². The predicted molar refractivity (Wildman–Crippen MR) is 78.8 cm³/mol. The summed E-state index contributed by atoms with van der Waals surface area (Å²) in [5, 5.41) is 4.29. The molecule has 0 aromatic carbocycles. The van der Waals surface area contributed by atoms with Gasteiger partial charge in [-0.2, -0.15) is 5.10 Å². The van der Waals surface area contributed by atoms with Crippen LogP contribution in [0.4, 0.5) is 0 Å². The number of hydrogen-bond donors (Lipinski definition) is 0. The van der Waals surface area contributed by atoms with E-state index in [2.05, 4.69) is 19.6 Å². The highest BCUT2D eigenvalue weighted by molar-refractivity contribution is 6.16. The number of imidazole rings is 1. The Balaban J connectivity index is 1.93. The average Bonchev–Trinajstić information content (AvgIpc) is 2.99. The van der Waals surface area contributed by atoms with E-state index in [-0.39, 0.29) is 0 Å². The number of fused-ring (bicyclic) bond motifs is 1. The van der Waals surface area contributed by atoms with Gasteiger partial charge in [0.05, 0.1) is 18.6 Å². The molecule has 0 saturated carbocycles. The Bertz CT molecular complexity index is 743. The van der Waals surface area contributed by atoms with Gasteiger partial charge in [-0.1, -0.05) is 0 Å². The Morgan fingerprint density at radius 1 is 1.15 bits per heavy atom. The predicted octanol–water partition coefficient (Wildman–Crippen LogP) is 2.68. The first-order chi connectivity index (χ1) is 9.67. The molecule has 104 valence electrons. The van der Waals surface area contributed by atoms with Gasteiger partial charge in [0.25, 0.3) is 0 Å². The highest BCUT2D eigenvalue weighted by Crippen LogP contribution is 2.16. The van der Waals surface area contributed by atoms with Gasteiger partial charge in [0.15, 0.2) is 5.65 Å². The molecule has 0 aliphatic rings. The van der Waals surface area contributed by atoms with Crippen molar-refractivity contribution < 1.29 is 0 Å². The topological polar surface area (TPSA) is 48.5 Å². The second-order valence-electron chi connectivity index (χ2n) is 4.95. The van der Waals surface area contributed by atoms with Crippen molar-refractivity contribution >= 4 is 22.8 Å². The summed E-state index contributed by atoms with van der Waals surface area (Å²) in [6.45, 7) is 5.58. The minimum absolute atomic E-state index is 0.382. The lowest BCUT2D eigenvalue weighted by molar-refractivity contribution is 0.531. The number of aryl methyl sites for hydroxylation is 4. The quantitative estimate of drug-likeness (QED) is 0.694. The maximum atomic E-state index is 6.00. The van der Waals surface area contributed by atoms with Gasteiger partial charge in [-0.05, 0) is 31.0 Å². The van der Waals surface area contributed by atoms with Gasteiger partial charge in [0.2, 0.25) is 0 Å². The molecule has 5 nitrogen and oxygen atoms in total. The van der Waals surface area contributed by atoms with Gasteiger partial charge in [-0.3, -0.25) is 4.68 Å². The van der Waals surface area contributed by atoms with Crippen LogP contribution in [0.3, 0.4) is 0 Å². The van der Waals surface area contributed by atoms with Gasteiger partial charge in [-0.15, -0.1) is 11.6 Å². The van der Waals surface area contributed by atoms with Crippen LogP contribution in [0.1, 0.15) is 17.0 Å². The van der Waals surface area contributed by atoms with Gasteiger partial charge in [0.1, 0.15) is 11.3 Å². The highest BCUT2D eigenvalue weighted by Gasteiger charge is 2.11. The van der Waals surface area contributed by atoms with Crippen molar-refractivity contribution in [1.82, 2.24) is 24.3 Å². The molecular formula is C14H16ClN5. The number of aromatic nitrogens is 5. The van der Waals surface area contributed by atoms with Crippen molar-refractivity contribution in [3.8, 4) is 0 Å². The summed E-state index contributed by atoms with van der Waals surface area (Å²) in [7, 11) is 0. The Labute approximate surface area is 122 Å². The average molecular weight is 290 g/mol. The molecule has 3 aromatic rings. The summed E-state index contributed by atoms with van der Waals surface area (Å²) in [6.07, 6.45) is 5.74. The fourth-order valence-electron chi connectivity index (χ4n) is 2.29. The molecule has 6 heteroatoms. The second-order valence-corrected chi connectivity index (χ2v) is 5.22. The van der Waals surface area contributed by atoms with E-state index in [1.165, 1.54) is 0 Å². The molecule has 0 bridgehead atoms. The third kappa shape index (κ3) is 2.41. The minimum atomic E-state index is 0.382. The van der Waals surface area contributed by atoms with Crippen molar-refractivity contribution in [2.45, 2.75) is 32.8 Å². The molecule has 0 aliphatic carbocycles. The van der Waals surface area contributed by atoms with Gasteiger partial charge in [-0.25, -0.2) is 9.97 Å². The molecule has 3 rings (SSSR count). The third-order valence-electron chi connectivity index (χ3n) is 3.24. The monoisotopic (exact) mass is 289 g/mol. The summed E-state index contributed by atoms with van der Waals surface area (Å²) in [5.41, 5.74) is 4.05. The van der Waals surface area contributed by atoms with E-state index in [0.717, 1.165) is 41.2 Å². The molecule has 0 aliphatic heterocycles. The number of pyridine rings is 1. The zero-order valence-electron chi connectivity index (χ0n) is 11.5. The smallest absolute Gasteiger partial charge is 0.160 e. The van der Waals surface area contributed by atoms with Crippen LogP contribution < -0.4 is 0 Å². The molecule has 0 N–H and O–H groups in total. The molecule has 0 saturated heterocycles. The van der Waals surface area contributed by atoms with E-state index in [0.29, 0.717) is 5.88 Å². The van der Waals surface area contributed by atoms with E-state index in [1.54, 1.807) is 0 Å². The summed E-state index contributed by atoms with van der Waals surface area (Å²) in [4.78, 5) is 9.03. The summed E-state index contributed by atoms with van der Waals surface area (Å²) in [5.74, 6) is 1.23. The molecule has 20 heavy (non-hydrogen) atoms. The van der Waals surface area contributed by atoms with Crippen LogP contribution in [0.25, 0.3) is 11.2 Å². The van der Waals surface area contributed by atoms with Crippen molar-refractivity contribution in [1.29, 1.82) is 0 Å². The molecule has 3 heterocycles. The van der Waals surface area contributed by atoms with E-state index >= 15 is 0 Å². The van der Waals surface area contributed by atoms with E-state index in [9.17, 15) is 0 Å². The molecule has 0 fully saturated rings. The van der Waals surface area contributed by atoms with Crippen molar-refractivity contribution in [2.24, 2.45) is 0 Å². The van der Waals surface area contributed by atoms with Crippen LogP contribution in [0.2, 0.25) is 0 Å². The van der Waals surface area contributed by atoms with Crippen LogP contribution in [-0.2, 0) is 19.0 Å². The van der Waals surface area contributed by atoms with Crippen LogP contribution in [0.15, 0.2) is 24.7 Å². The minimum Gasteiger partial charge on any atom is -0.310 e. The second kappa shape index (κ2) is 5.25. The highest BCUT2D eigenvalue weighted by atomic mass is 35.5. The number of nitrogens with zero attached hydrogens (tertiary/aromatic N) is 5. The lowest BCUT2D eigenvalue weighted by Gasteiger charge is -2.07. The van der Waals surface area contributed by atoms with Crippen LogP contribution in [-0.4, -0.2) is 24.3 Å². The van der Waals surface area contributed by atoms with Crippen molar-refractivity contribution in [3.05, 3.63) is 41.6 Å². The Morgan fingerprint density at radius 2 is 2.00 bits per heavy atom. The SMILES string of the molecule is Cc1cnc2c(c1)nc(CCl)n2CCn1cc(C)cn1. The number of hydrogen-bond acceptors (Lipinski definition) is 3. The lowest BCUT2D eigenvalue weighted by Crippen LogP contribution is -2.10. The molecule has 3 aromatic heterocycles. The number of halogens is 1. The Morgan fingerprint density at radius 3 is 2.70 bits per heavy atom. The first-order valence-corrected chi connectivity index (χ1v) is 7.07. The first kappa shape index (κ1) is 13.1. The molecular weight excluding hydrogens is 274 g/mol. The lowest BCUT2D eigenvalue weighted by atomic mass is 10.3. The van der Waals surface area contributed by atoms with Gasteiger partial charge >= 0.3 is 0 Å². The number of alkyl halides is 1. The zero-order valence-corrected chi connectivity index (χ0v) is 12.3. The van der Waals surface area contributed by atoms with Crippen molar-refractivity contribution in [2.75, 3.05) is 0 Å². The maximum absolute atomic E-state index is 6.00. The normalized spacial score (nSPS) is 11.3. The van der Waals surface area contributed by atoms with Crippen LogP contribution >= 0.6 is 11.6 Å². The van der Waals surface area contributed by atoms with Gasteiger partial charge in [0, 0.05) is 18.9 Å². The fourth-order valence-corrected chi connectivity index (χ4v) is 2.49. The van der Waals surface area contributed by atoms with E-state index < -0.39 is 0 Å². The molecule has 0 spiro atoms. The molecule has 0 radical (unpaired) electrons. The molecule has 0 amide bonds. The van der Waals surface area contributed by atoms with Crippen LogP contribution in [0, 0.1) is 13.8 Å².